The molecule has 0 bridgehead atoms. The van der Waals surface area contributed by atoms with E-state index in [-0.39, 0.29) is 5.41 Å². The third kappa shape index (κ3) is 2.83. The third-order valence-corrected chi connectivity index (χ3v) is 3.98. The van der Waals surface area contributed by atoms with Crippen molar-refractivity contribution in [1.29, 1.82) is 0 Å². The summed E-state index contributed by atoms with van der Waals surface area (Å²) in [7, 11) is 2.14. The summed E-state index contributed by atoms with van der Waals surface area (Å²) in [6.07, 6.45) is 7.27. The van der Waals surface area contributed by atoms with Crippen LogP contribution in [0.4, 0.5) is 0 Å². The molecule has 0 aromatic carbocycles. The molecule has 92 valence electrons. The summed E-state index contributed by atoms with van der Waals surface area (Å²) in [6.45, 7) is 3.45. The Bertz CT molecular complexity index is 232. The average Bonchev–Trinajstić information content (AvgIpc) is 2.25. The molecule has 1 atom stereocenters. The predicted octanol–water partition coefficient (Wildman–Crippen LogP) is 1.71. The number of nitrogens with zero attached hydrogens (tertiary/aromatic N) is 1. The van der Waals surface area contributed by atoms with Gasteiger partial charge in [-0.25, -0.2) is 0 Å². The molecule has 0 aromatic rings. The number of carbonyl (C=O) groups excluding carboxylic acids is 1. The monoisotopic (exact) mass is 225 g/mol. The van der Waals surface area contributed by atoms with E-state index in [4.69, 9.17) is 4.74 Å². The van der Waals surface area contributed by atoms with Gasteiger partial charge in [-0.1, -0.05) is 6.42 Å². The second-order valence-corrected chi connectivity index (χ2v) is 5.63. The molecule has 0 spiro atoms. The first kappa shape index (κ1) is 12.1. The molecule has 0 amide bonds. The van der Waals surface area contributed by atoms with Crippen molar-refractivity contribution in [3.63, 3.8) is 0 Å². The lowest BCUT2D eigenvalue weighted by Gasteiger charge is -2.37. The fourth-order valence-electron chi connectivity index (χ4n) is 2.85. The van der Waals surface area contributed by atoms with Crippen molar-refractivity contribution in [3.05, 3.63) is 0 Å². The van der Waals surface area contributed by atoms with E-state index in [1.165, 1.54) is 19.3 Å². The Morgan fingerprint density at radius 1 is 1.44 bits per heavy atom. The second kappa shape index (κ2) is 5.28. The highest BCUT2D eigenvalue weighted by molar-refractivity contribution is 5.60. The standard InChI is InChI=1S/C13H23NO2/c1-14(8-12-4-2-5-12)9-13(10-15)6-3-7-16-11-13/h10,12H,2-9,11H2,1H3. The fourth-order valence-corrected chi connectivity index (χ4v) is 2.85. The third-order valence-electron chi connectivity index (χ3n) is 3.98. The first-order chi connectivity index (χ1) is 7.74. The minimum atomic E-state index is -0.225. The van der Waals surface area contributed by atoms with Crippen molar-refractivity contribution in [3.8, 4) is 0 Å². The topological polar surface area (TPSA) is 29.5 Å². The SMILES string of the molecule is CN(CC1CCC1)CC1(C=O)CCCOC1. The number of carbonyl (C=O) groups is 1. The quantitative estimate of drug-likeness (QED) is 0.667. The molecule has 2 rings (SSSR count). The zero-order chi connectivity index (χ0) is 11.4. The van der Waals surface area contributed by atoms with E-state index in [1.54, 1.807) is 0 Å². The molecule has 1 aliphatic heterocycles. The molecule has 3 nitrogen and oxygen atoms in total. The van der Waals surface area contributed by atoms with Crippen molar-refractivity contribution in [2.24, 2.45) is 11.3 Å². The van der Waals surface area contributed by atoms with Crippen LogP contribution in [-0.4, -0.2) is 44.5 Å². The number of rotatable bonds is 5. The zero-order valence-electron chi connectivity index (χ0n) is 10.3. The summed E-state index contributed by atoms with van der Waals surface area (Å²) in [5.74, 6) is 0.873. The Labute approximate surface area is 98.1 Å². The summed E-state index contributed by atoms with van der Waals surface area (Å²) in [6, 6.07) is 0. The van der Waals surface area contributed by atoms with E-state index in [1.807, 2.05) is 0 Å². The van der Waals surface area contributed by atoms with Crippen molar-refractivity contribution in [1.82, 2.24) is 4.90 Å². The molecule has 0 radical (unpaired) electrons. The molecule has 1 heterocycles. The highest BCUT2D eigenvalue weighted by atomic mass is 16.5. The molecule has 16 heavy (non-hydrogen) atoms. The summed E-state index contributed by atoms with van der Waals surface area (Å²) in [4.78, 5) is 13.6. The number of aldehydes is 1. The minimum absolute atomic E-state index is 0.225. The lowest BCUT2D eigenvalue weighted by Crippen LogP contribution is -2.44. The fraction of sp³-hybridized carbons (Fsp3) is 0.923. The van der Waals surface area contributed by atoms with Crippen LogP contribution in [-0.2, 0) is 9.53 Å². The molecule has 1 saturated carbocycles. The van der Waals surface area contributed by atoms with Gasteiger partial charge in [-0.15, -0.1) is 0 Å². The van der Waals surface area contributed by atoms with Gasteiger partial charge in [0.2, 0.25) is 0 Å². The number of ether oxygens (including phenoxy) is 1. The Morgan fingerprint density at radius 3 is 2.75 bits per heavy atom. The van der Waals surface area contributed by atoms with E-state index in [0.717, 1.165) is 44.7 Å². The minimum Gasteiger partial charge on any atom is -0.380 e. The van der Waals surface area contributed by atoms with Crippen LogP contribution in [0.1, 0.15) is 32.1 Å². The Balaban J connectivity index is 1.81. The van der Waals surface area contributed by atoms with Crippen LogP contribution in [0.15, 0.2) is 0 Å². The second-order valence-electron chi connectivity index (χ2n) is 5.63. The Hall–Kier alpha value is -0.410. The lowest BCUT2D eigenvalue weighted by atomic mass is 9.82. The lowest BCUT2D eigenvalue weighted by molar-refractivity contribution is -0.125. The van der Waals surface area contributed by atoms with Crippen molar-refractivity contribution in [2.45, 2.75) is 32.1 Å². The number of hydrogen-bond donors (Lipinski definition) is 0. The molecule has 1 unspecified atom stereocenters. The summed E-state index contributed by atoms with van der Waals surface area (Å²) in [5.41, 5.74) is -0.225. The summed E-state index contributed by atoms with van der Waals surface area (Å²) in [5, 5.41) is 0. The van der Waals surface area contributed by atoms with Gasteiger partial charge in [0.1, 0.15) is 6.29 Å². The van der Waals surface area contributed by atoms with Crippen LogP contribution in [0.3, 0.4) is 0 Å². The van der Waals surface area contributed by atoms with E-state index in [2.05, 4.69) is 11.9 Å². The first-order valence-corrected chi connectivity index (χ1v) is 6.47. The predicted molar refractivity (Wildman–Crippen MR) is 63.4 cm³/mol. The van der Waals surface area contributed by atoms with Crippen LogP contribution >= 0.6 is 0 Å². The summed E-state index contributed by atoms with van der Waals surface area (Å²) < 4.78 is 5.46. The number of hydrogen-bond acceptors (Lipinski definition) is 3. The van der Waals surface area contributed by atoms with E-state index < -0.39 is 0 Å². The molecule has 1 saturated heterocycles. The molecular weight excluding hydrogens is 202 g/mol. The van der Waals surface area contributed by atoms with Gasteiger partial charge in [-0.2, -0.15) is 0 Å². The smallest absolute Gasteiger partial charge is 0.129 e. The van der Waals surface area contributed by atoms with Crippen LogP contribution in [0.2, 0.25) is 0 Å². The maximum atomic E-state index is 11.3. The zero-order valence-corrected chi connectivity index (χ0v) is 10.3. The molecule has 3 heteroatoms. The van der Waals surface area contributed by atoms with E-state index in [9.17, 15) is 4.79 Å². The van der Waals surface area contributed by atoms with E-state index in [0.29, 0.717) is 6.61 Å². The van der Waals surface area contributed by atoms with Crippen LogP contribution in [0.5, 0.6) is 0 Å². The Morgan fingerprint density at radius 2 is 2.25 bits per heavy atom. The van der Waals surface area contributed by atoms with Crippen molar-refractivity contribution >= 4 is 6.29 Å². The average molecular weight is 225 g/mol. The molecule has 2 aliphatic rings. The normalized spacial score (nSPS) is 31.4. The van der Waals surface area contributed by atoms with Crippen molar-refractivity contribution < 1.29 is 9.53 Å². The summed E-state index contributed by atoms with van der Waals surface area (Å²) >= 11 is 0. The van der Waals surface area contributed by atoms with Gasteiger partial charge in [-0.3, -0.25) is 0 Å². The molecule has 0 aromatic heterocycles. The van der Waals surface area contributed by atoms with Crippen molar-refractivity contribution in [2.75, 3.05) is 33.4 Å². The van der Waals surface area contributed by atoms with Gasteiger partial charge in [0.05, 0.1) is 12.0 Å². The van der Waals surface area contributed by atoms with Crippen LogP contribution in [0, 0.1) is 11.3 Å². The van der Waals surface area contributed by atoms with E-state index >= 15 is 0 Å². The molecular formula is C13H23NO2. The molecule has 0 N–H and O–H groups in total. The van der Waals surface area contributed by atoms with Crippen LogP contribution < -0.4 is 0 Å². The first-order valence-electron chi connectivity index (χ1n) is 6.47. The molecule has 1 aliphatic carbocycles. The van der Waals surface area contributed by atoms with Gasteiger partial charge in [0.25, 0.3) is 0 Å². The maximum Gasteiger partial charge on any atom is 0.129 e. The highest BCUT2D eigenvalue weighted by Crippen LogP contribution is 2.30. The highest BCUT2D eigenvalue weighted by Gasteiger charge is 2.34. The largest absolute Gasteiger partial charge is 0.380 e. The van der Waals surface area contributed by atoms with Gasteiger partial charge < -0.3 is 14.4 Å². The van der Waals surface area contributed by atoms with Gasteiger partial charge in [-0.05, 0) is 38.6 Å². The van der Waals surface area contributed by atoms with Gasteiger partial charge in [0, 0.05) is 19.7 Å². The van der Waals surface area contributed by atoms with Gasteiger partial charge in [0.15, 0.2) is 0 Å². The Kier molecular flexibility index (Phi) is 3.98. The van der Waals surface area contributed by atoms with Crippen LogP contribution in [0.25, 0.3) is 0 Å². The molecule has 2 fully saturated rings. The maximum absolute atomic E-state index is 11.3. The van der Waals surface area contributed by atoms with Gasteiger partial charge >= 0.3 is 0 Å².